The molecule has 2 heteroatoms. The Kier molecular flexibility index (Phi) is 4.51. The Morgan fingerprint density at radius 3 is 2.57 bits per heavy atom. The van der Waals surface area contributed by atoms with Gasteiger partial charge in [0.2, 0.25) is 0 Å². The lowest BCUT2D eigenvalue weighted by atomic mass is 9.49. The monoisotopic (exact) mass is 319 g/mol. The number of hydrogen-bond acceptors (Lipinski definition) is 2. The molecule has 4 fully saturated rings. The highest BCUT2D eigenvalue weighted by atomic mass is 16.5. The van der Waals surface area contributed by atoms with Gasteiger partial charge in [0.05, 0.1) is 0 Å². The van der Waals surface area contributed by atoms with Crippen molar-refractivity contribution < 1.29 is 4.74 Å². The lowest BCUT2D eigenvalue weighted by Gasteiger charge is -2.56. The van der Waals surface area contributed by atoms with Gasteiger partial charge in [0.15, 0.2) is 0 Å². The largest absolute Gasteiger partial charge is 0.384 e. The predicted octanol–water partition coefficient (Wildman–Crippen LogP) is 4.48. The molecule has 4 saturated carbocycles. The van der Waals surface area contributed by atoms with Gasteiger partial charge in [-0.05, 0) is 111 Å². The number of fused-ring (bicyclic) bond motifs is 5. The summed E-state index contributed by atoms with van der Waals surface area (Å²) in [5.74, 6) is 6.79. The van der Waals surface area contributed by atoms with Crippen molar-refractivity contribution in [2.75, 3.05) is 20.3 Å². The molecule has 0 bridgehead atoms. The minimum absolute atomic E-state index is 0.579. The molecule has 23 heavy (non-hydrogen) atoms. The molecule has 2 nitrogen and oxygen atoms in total. The van der Waals surface area contributed by atoms with Crippen molar-refractivity contribution in [3.63, 3.8) is 0 Å². The first kappa shape index (κ1) is 16.4. The van der Waals surface area contributed by atoms with Crippen LogP contribution in [0.3, 0.4) is 0 Å². The Hall–Kier alpha value is -0.0800. The molecular weight excluding hydrogens is 282 g/mol. The quantitative estimate of drug-likeness (QED) is 0.832. The average Bonchev–Trinajstić information content (AvgIpc) is 2.91. The molecule has 0 radical (unpaired) electrons. The third-order valence-electron chi connectivity index (χ3n) is 8.95. The van der Waals surface area contributed by atoms with Crippen molar-refractivity contribution in [3.05, 3.63) is 0 Å². The first-order valence-electron chi connectivity index (χ1n) is 10.4. The maximum atomic E-state index is 6.13. The molecule has 3 unspecified atom stereocenters. The van der Waals surface area contributed by atoms with Crippen LogP contribution in [0.2, 0.25) is 0 Å². The van der Waals surface area contributed by atoms with Crippen molar-refractivity contribution in [2.24, 2.45) is 52.6 Å². The SMILES string of the molecule is COC[C@H]1CC[C@H]2C(CC[C@@H]3C2CC[C@@]2(C)C3CC[C@@H]2CN)C1. The van der Waals surface area contributed by atoms with E-state index >= 15 is 0 Å². The van der Waals surface area contributed by atoms with Gasteiger partial charge in [-0.15, -0.1) is 0 Å². The number of hydrogen-bond donors (Lipinski definition) is 1. The first-order valence-corrected chi connectivity index (χ1v) is 10.4. The van der Waals surface area contributed by atoms with Gasteiger partial charge in [0.25, 0.3) is 0 Å². The summed E-state index contributed by atoms with van der Waals surface area (Å²) in [5.41, 5.74) is 6.71. The Balaban J connectivity index is 1.48. The van der Waals surface area contributed by atoms with Crippen molar-refractivity contribution >= 4 is 0 Å². The average molecular weight is 320 g/mol. The summed E-state index contributed by atoms with van der Waals surface area (Å²) in [6, 6.07) is 0. The number of ether oxygens (including phenoxy) is 1. The van der Waals surface area contributed by atoms with E-state index in [0.29, 0.717) is 5.41 Å². The maximum Gasteiger partial charge on any atom is 0.0490 e. The Labute approximate surface area is 142 Å². The van der Waals surface area contributed by atoms with Gasteiger partial charge in [0, 0.05) is 13.7 Å². The van der Waals surface area contributed by atoms with E-state index < -0.39 is 0 Å². The lowest BCUT2D eigenvalue weighted by molar-refractivity contribution is -0.0707. The van der Waals surface area contributed by atoms with Crippen LogP contribution in [0.5, 0.6) is 0 Å². The smallest absolute Gasteiger partial charge is 0.0490 e. The van der Waals surface area contributed by atoms with Crippen LogP contribution in [0.15, 0.2) is 0 Å². The van der Waals surface area contributed by atoms with E-state index in [4.69, 9.17) is 10.5 Å². The van der Waals surface area contributed by atoms with Gasteiger partial charge in [0.1, 0.15) is 0 Å². The highest BCUT2D eigenvalue weighted by molar-refractivity contribution is 5.06. The van der Waals surface area contributed by atoms with E-state index in [-0.39, 0.29) is 0 Å². The van der Waals surface area contributed by atoms with Gasteiger partial charge >= 0.3 is 0 Å². The van der Waals surface area contributed by atoms with Gasteiger partial charge in [-0.2, -0.15) is 0 Å². The summed E-state index contributed by atoms with van der Waals surface area (Å²) in [5, 5.41) is 0. The summed E-state index contributed by atoms with van der Waals surface area (Å²) >= 11 is 0. The van der Waals surface area contributed by atoms with Gasteiger partial charge in [-0.25, -0.2) is 0 Å². The zero-order valence-corrected chi connectivity index (χ0v) is 15.3. The zero-order chi connectivity index (χ0) is 16.0. The van der Waals surface area contributed by atoms with E-state index in [1.54, 1.807) is 0 Å². The second-order valence-corrected chi connectivity index (χ2v) is 9.62. The molecule has 0 spiro atoms. The molecule has 0 aliphatic heterocycles. The van der Waals surface area contributed by atoms with Gasteiger partial charge in [-0.1, -0.05) is 6.92 Å². The summed E-state index contributed by atoms with van der Waals surface area (Å²) in [6.45, 7) is 4.52. The molecular formula is C21H37NO. The van der Waals surface area contributed by atoms with Crippen molar-refractivity contribution in [1.82, 2.24) is 0 Å². The molecule has 0 heterocycles. The summed E-state index contributed by atoms with van der Waals surface area (Å²) < 4.78 is 5.45. The Morgan fingerprint density at radius 2 is 1.78 bits per heavy atom. The first-order chi connectivity index (χ1) is 11.2. The van der Waals surface area contributed by atoms with E-state index in [1.807, 2.05) is 7.11 Å². The van der Waals surface area contributed by atoms with Crippen LogP contribution in [0.4, 0.5) is 0 Å². The van der Waals surface area contributed by atoms with Crippen LogP contribution in [-0.4, -0.2) is 20.3 Å². The molecule has 4 aliphatic carbocycles. The predicted molar refractivity (Wildman–Crippen MR) is 95.0 cm³/mol. The van der Waals surface area contributed by atoms with E-state index in [1.165, 1.54) is 57.8 Å². The molecule has 0 aromatic carbocycles. The summed E-state index contributed by atoms with van der Waals surface area (Å²) in [6.07, 6.45) is 13.2. The molecule has 0 aromatic heterocycles. The second kappa shape index (κ2) is 6.33. The maximum absolute atomic E-state index is 6.13. The number of methoxy groups -OCH3 is 1. The molecule has 4 aliphatic rings. The molecule has 8 atom stereocenters. The molecule has 2 N–H and O–H groups in total. The van der Waals surface area contributed by atoms with E-state index in [2.05, 4.69) is 6.92 Å². The standard InChI is InChI=1S/C21H37NO/c1-21-10-9-18-17-6-3-14(13-23-2)11-15(17)4-7-19(18)20(21)8-5-16(21)12-22/h14-20H,3-13,22H2,1-2H3/t14-,15?,16+,17-,18?,19+,20?,21+/m0/s1. The van der Waals surface area contributed by atoms with Gasteiger partial charge in [-0.3, -0.25) is 0 Å². The lowest BCUT2D eigenvalue weighted by Crippen LogP contribution is -2.49. The number of nitrogens with two attached hydrogens (primary N) is 1. The topological polar surface area (TPSA) is 35.2 Å². The Morgan fingerprint density at radius 1 is 0.957 bits per heavy atom. The Bertz CT molecular complexity index is 424. The highest BCUT2D eigenvalue weighted by Gasteiger charge is 2.56. The fourth-order valence-corrected chi connectivity index (χ4v) is 7.83. The fraction of sp³-hybridized carbons (Fsp3) is 1.00. The van der Waals surface area contributed by atoms with Crippen LogP contribution >= 0.6 is 0 Å². The van der Waals surface area contributed by atoms with Crippen molar-refractivity contribution in [2.45, 2.75) is 64.7 Å². The van der Waals surface area contributed by atoms with Crippen LogP contribution in [0.25, 0.3) is 0 Å². The van der Waals surface area contributed by atoms with Crippen LogP contribution in [0, 0.1) is 46.8 Å². The normalized spacial score (nSPS) is 52.6. The van der Waals surface area contributed by atoms with Crippen molar-refractivity contribution in [1.29, 1.82) is 0 Å². The molecule has 4 rings (SSSR count). The molecule has 0 aromatic rings. The minimum atomic E-state index is 0.579. The summed E-state index contributed by atoms with van der Waals surface area (Å²) in [4.78, 5) is 0. The molecule has 0 saturated heterocycles. The highest BCUT2D eigenvalue weighted by Crippen LogP contribution is 2.64. The summed E-state index contributed by atoms with van der Waals surface area (Å²) in [7, 11) is 1.87. The molecule has 0 amide bonds. The van der Waals surface area contributed by atoms with E-state index in [9.17, 15) is 0 Å². The fourth-order valence-electron chi connectivity index (χ4n) is 7.83. The van der Waals surface area contributed by atoms with Crippen molar-refractivity contribution in [3.8, 4) is 0 Å². The van der Waals surface area contributed by atoms with Gasteiger partial charge < -0.3 is 10.5 Å². The van der Waals surface area contributed by atoms with E-state index in [0.717, 1.165) is 54.6 Å². The zero-order valence-electron chi connectivity index (χ0n) is 15.3. The third kappa shape index (κ3) is 2.59. The third-order valence-corrected chi connectivity index (χ3v) is 8.95. The molecule has 132 valence electrons. The minimum Gasteiger partial charge on any atom is -0.384 e. The second-order valence-electron chi connectivity index (χ2n) is 9.62. The van der Waals surface area contributed by atoms with Crippen LogP contribution in [0.1, 0.15) is 64.7 Å². The van der Waals surface area contributed by atoms with Crippen LogP contribution < -0.4 is 5.73 Å². The van der Waals surface area contributed by atoms with Crippen LogP contribution in [-0.2, 0) is 4.74 Å². The number of rotatable bonds is 3.